The van der Waals surface area contributed by atoms with E-state index < -0.39 is 0 Å². The Labute approximate surface area is 117 Å². The first-order chi connectivity index (χ1) is 9.11. The number of carbonyl (C=O) groups excluding carboxylic acids is 1. The molecule has 4 heteroatoms. The van der Waals surface area contributed by atoms with Gasteiger partial charge in [-0.3, -0.25) is 4.79 Å². The minimum absolute atomic E-state index is 0.0599. The Bertz CT molecular complexity index is 590. The Balaban J connectivity index is 2.15. The zero-order valence-corrected chi connectivity index (χ0v) is 12.2. The molecule has 0 saturated carbocycles. The van der Waals surface area contributed by atoms with Crippen LogP contribution in [0.4, 0.5) is 5.69 Å². The van der Waals surface area contributed by atoms with Crippen LogP contribution in [0.2, 0.25) is 0 Å². The maximum atomic E-state index is 11.6. The molecule has 0 bridgehead atoms. The van der Waals surface area contributed by atoms with E-state index in [0.717, 1.165) is 17.8 Å². The van der Waals surface area contributed by atoms with Crippen LogP contribution in [-0.2, 0) is 6.54 Å². The van der Waals surface area contributed by atoms with E-state index in [1.165, 1.54) is 10.4 Å². The maximum absolute atomic E-state index is 11.6. The van der Waals surface area contributed by atoms with Crippen molar-refractivity contribution >= 4 is 22.9 Å². The van der Waals surface area contributed by atoms with Gasteiger partial charge in [-0.25, -0.2) is 0 Å². The number of benzene rings is 1. The van der Waals surface area contributed by atoms with E-state index in [-0.39, 0.29) is 5.91 Å². The number of hydrogen-bond acceptors (Lipinski definition) is 3. The van der Waals surface area contributed by atoms with Crippen LogP contribution in [0.1, 0.15) is 26.4 Å². The number of carbonyl (C=O) groups is 1. The monoisotopic (exact) mass is 274 g/mol. The summed E-state index contributed by atoms with van der Waals surface area (Å²) >= 11 is 1.75. The van der Waals surface area contributed by atoms with Crippen molar-refractivity contribution in [3.05, 3.63) is 51.2 Å². The van der Waals surface area contributed by atoms with E-state index in [1.54, 1.807) is 18.4 Å². The molecule has 1 aromatic carbocycles. The molecule has 0 unspecified atom stereocenters. The predicted molar refractivity (Wildman–Crippen MR) is 81.0 cm³/mol. The van der Waals surface area contributed by atoms with Crippen LogP contribution in [0.15, 0.2) is 29.6 Å². The van der Waals surface area contributed by atoms with E-state index >= 15 is 0 Å². The Kier molecular flexibility index (Phi) is 4.22. The van der Waals surface area contributed by atoms with E-state index in [4.69, 9.17) is 0 Å². The van der Waals surface area contributed by atoms with Crippen molar-refractivity contribution in [2.24, 2.45) is 0 Å². The smallest absolute Gasteiger partial charge is 0.251 e. The summed E-state index contributed by atoms with van der Waals surface area (Å²) in [5, 5.41) is 8.15. The first-order valence-electron chi connectivity index (χ1n) is 6.21. The average molecular weight is 274 g/mol. The molecule has 0 saturated heterocycles. The molecule has 0 radical (unpaired) electrons. The summed E-state index contributed by atoms with van der Waals surface area (Å²) in [7, 11) is 1.64. The van der Waals surface area contributed by atoms with Crippen LogP contribution in [0.3, 0.4) is 0 Å². The van der Waals surface area contributed by atoms with Crippen molar-refractivity contribution in [2.75, 3.05) is 12.4 Å². The second kappa shape index (κ2) is 5.89. The minimum Gasteiger partial charge on any atom is -0.380 e. The summed E-state index contributed by atoms with van der Waals surface area (Å²) < 4.78 is 0. The highest BCUT2D eigenvalue weighted by Gasteiger charge is 2.07. The molecule has 0 aliphatic heterocycles. The van der Waals surface area contributed by atoms with Gasteiger partial charge in [-0.1, -0.05) is 6.07 Å². The maximum Gasteiger partial charge on any atom is 0.251 e. The van der Waals surface area contributed by atoms with Crippen LogP contribution >= 0.6 is 11.3 Å². The first-order valence-corrected chi connectivity index (χ1v) is 7.09. The van der Waals surface area contributed by atoms with Gasteiger partial charge in [-0.15, -0.1) is 11.3 Å². The van der Waals surface area contributed by atoms with Crippen molar-refractivity contribution in [1.82, 2.24) is 5.32 Å². The number of nitrogens with one attached hydrogen (secondary N) is 2. The molecule has 2 rings (SSSR count). The van der Waals surface area contributed by atoms with Crippen molar-refractivity contribution in [3.8, 4) is 0 Å². The van der Waals surface area contributed by atoms with E-state index in [9.17, 15) is 4.79 Å². The SMILES string of the molecule is CNC(=O)c1ccc(C)c(NCc2sccc2C)c1. The summed E-state index contributed by atoms with van der Waals surface area (Å²) in [6.45, 7) is 4.94. The molecule has 1 aromatic heterocycles. The highest BCUT2D eigenvalue weighted by molar-refractivity contribution is 7.10. The highest BCUT2D eigenvalue weighted by Crippen LogP contribution is 2.21. The molecular weight excluding hydrogens is 256 g/mol. The van der Waals surface area contributed by atoms with Gasteiger partial charge in [0.05, 0.1) is 0 Å². The predicted octanol–water partition coefficient (Wildman–Crippen LogP) is 3.34. The van der Waals surface area contributed by atoms with Crippen molar-refractivity contribution in [3.63, 3.8) is 0 Å². The molecule has 0 aliphatic rings. The molecule has 1 heterocycles. The van der Waals surface area contributed by atoms with Gasteiger partial charge < -0.3 is 10.6 Å². The van der Waals surface area contributed by atoms with Crippen LogP contribution in [0.25, 0.3) is 0 Å². The molecule has 0 spiro atoms. The van der Waals surface area contributed by atoms with Crippen LogP contribution < -0.4 is 10.6 Å². The zero-order valence-electron chi connectivity index (χ0n) is 11.4. The Hall–Kier alpha value is -1.81. The molecule has 19 heavy (non-hydrogen) atoms. The van der Waals surface area contributed by atoms with Gasteiger partial charge in [0, 0.05) is 29.7 Å². The fraction of sp³-hybridized carbons (Fsp3) is 0.267. The quantitative estimate of drug-likeness (QED) is 0.898. The van der Waals surface area contributed by atoms with Crippen molar-refractivity contribution in [2.45, 2.75) is 20.4 Å². The lowest BCUT2D eigenvalue weighted by Gasteiger charge is -2.11. The van der Waals surface area contributed by atoms with Gasteiger partial charge in [0.2, 0.25) is 0 Å². The number of thiophene rings is 1. The van der Waals surface area contributed by atoms with Crippen LogP contribution in [0.5, 0.6) is 0 Å². The second-order valence-corrected chi connectivity index (χ2v) is 5.49. The number of aryl methyl sites for hydroxylation is 2. The molecule has 2 aromatic rings. The molecule has 0 fully saturated rings. The third kappa shape index (κ3) is 3.15. The average Bonchev–Trinajstić information content (AvgIpc) is 2.82. The van der Waals surface area contributed by atoms with E-state index in [0.29, 0.717) is 5.56 Å². The molecule has 1 amide bonds. The van der Waals surface area contributed by atoms with Crippen LogP contribution in [0, 0.1) is 13.8 Å². The lowest BCUT2D eigenvalue weighted by atomic mass is 10.1. The summed E-state index contributed by atoms with van der Waals surface area (Å²) in [4.78, 5) is 13.0. The largest absolute Gasteiger partial charge is 0.380 e. The van der Waals surface area contributed by atoms with Crippen molar-refractivity contribution < 1.29 is 4.79 Å². The second-order valence-electron chi connectivity index (χ2n) is 4.49. The molecule has 3 nitrogen and oxygen atoms in total. The first kappa shape index (κ1) is 13.6. The Morgan fingerprint density at radius 2 is 2.00 bits per heavy atom. The summed E-state index contributed by atoms with van der Waals surface area (Å²) in [6, 6.07) is 7.83. The molecule has 0 atom stereocenters. The van der Waals surface area contributed by atoms with Gasteiger partial charge in [-0.2, -0.15) is 0 Å². The van der Waals surface area contributed by atoms with Gasteiger partial charge in [0.15, 0.2) is 0 Å². The van der Waals surface area contributed by atoms with Crippen molar-refractivity contribution in [1.29, 1.82) is 0 Å². The summed E-state index contributed by atoms with van der Waals surface area (Å²) in [5.41, 5.74) is 4.13. The van der Waals surface area contributed by atoms with Gasteiger partial charge >= 0.3 is 0 Å². The summed E-state index contributed by atoms with van der Waals surface area (Å²) in [5.74, 6) is -0.0599. The lowest BCUT2D eigenvalue weighted by Crippen LogP contribution is -2.18. The Morgan fingerprint density at radius 1 is 1.21 bits per heavy atom. The van der Waals surface area contributed by atoms with Gasteiger partial charge in [0.25, 0.3) is 5.91 Å². The fourth-order valence-electron chi connectivity index (χ4n) is 1.86. The fourth-order valence-corrected chi connectivity index (χ4v) is 2.70. The third-order valence-corrected chi connectivity index (χ3v) is 4.16. The topological polar surface area (TPSA) is 41.1 Å². The highest BCUT2D eigenvalue weighted by atomic mass is 32.1. The van der Waals surface area contributed by atoms with Gasteiger partial charge in [-0.05, 0) is 48.6 Å². The molecule has 0 aliphatic carbocycles. The molecule has 2 N–H and O–H groups in total. The van der Waals surface area contributed by atoms with Gasteiger partial charge in [0.1, 0.15) is 0 Å². The Morgan fingerprint density at radius 3 is 2.63 bits per heavy atom. The lowest BCUT2D eigenvalue weighted by molar-refractivity contribution is 0.0963. The molecular formula is C15H18N2OS. The summed E-state index contributed by atoms with van der Waals surface area (Å²) in [6.07, 6.45) is 0. The number of hydrogen-bond donors (Lipinski definition) is 2. The molecule has 100 valence electrons. The number of amides is 1. The van der Waals surface area contributed by atoms with E-state index in [1.807, 2.05) is 25.1 Å². The third-order valence-electron chi connectivity index (χ3n) is 3.13. The van der Waals surface area contributed by atoms with E-state index in [2.05, 4.69) is 29.0 Å². The normalized spacial score (nSPS) is 10.3. The minimum atomic E-state index is -0.0599. The zero-order chi connectivity index (χ0) is 13.8. The number of anilines is 1. The standard InChI is InChI=1S/C15H18N2OS/c1-10-4-5-12(15(18)16-3)8-13(10)17-9-14-11(2)6-7-19-14/h4-8,17H,9H2,1-3H3,(H,16,18). The van der Waals surface area contributed by atoms with Crippen LogP contribution in [-0.4, -0.2) is 13.0 Å². The number of rotatable bonds is 4.